The van der Waals surface area contributed by atoms with Crippen LogP contribution < -0.4 is 5.56 Å². The molecule has 0 spiro atoms. The Kier molecular flexibility index (Phi) is 7.34. The third-order valence-electron chi connectivity index (χ3n) is 7.92. The van der Waals surface area contributed by atoms with E-state index in [-0.39, 0.29) is 11.5 Å². The zero-order valence-corrected chi connectivity index (χ0v) is 23.5. The van der Waals surface area contributed by atoms with E-state index in [4.69, 9.17) is 4.98 Å². The maximum absolute atomic E-state index is 14.3. The maximum Gasteiger partial charge on any atom is 0.266 e. The van der Waals surface area contributed by atoms with Crippen LogP contribution in [0.15, 0.2) is 114 Å². The summed E-state index contributed by atoms with van der Waals surface area (Å²) < 4.78 is 1.70. The van der Waals surface area contributed by atoms with Crippen LogP contribution in [-0.2, 0) is 0 Å². The van der Waals surface area contributed by atoms with Crippen molar-refractivity contribution in [1.29, 1.82) is 0 Å². The first-order chi connectivity index (χ1) is 20.1. The molecule has 0 saturated carbocycles. The lowest BCUT2D eigenvalue weighted by atomic mass is 10.0. The first kappa shape index (κ1) is 26.5. The first-order valence-electron chi connectivity index (χ1n) is 14.4. The molecule has 6 aromatic rings. The van der Waals surface area contributed by atoms with Crippen molar-refractivity contribution in [1.82, 2.24) is 14.5 Å². The van der Waals surface area contributed by atoms with Gasteiger partial charge in [0.1, 0.15) is 5.82 Å². The summed E-state index contributed by atoms with van der Waals surface area (Å²) in [5.41, 5.74) is 1.88. The van der Waals surface area contributed by atoms with Crippen LogP contribution in [-0.4, -0.2) is 26.9 Å². The summed E-state index contributed by atoms with van der Waals surface area (Å²) in [5, 5.41) is 4.63. The van der Waals surface area contributed by atoms with Crippen molar-refractivity contribution in [3.05, 3.63) is 131 Å². The molecule has 0 fully saturated rings. The number of carbonyl (C=O) groups is 1. The van der Waals surface area contributed by atoms with Gasteiger partial charge < -0.3 is 4.90 Å². The Morgan fingerprint density at radius 1 is 0.780 bits per heavy atom. The molecule has 0 aliphatic carbocycles. The fourth-order valence-electron chi connectivity index (χ4n) is 5.70. The van der Waals surface area contributed by atoms with E-state index in [0.717, 1.165) is 46.5 Å². The molecule has 5 heteroatoms. The molecule has 1 unspecified atom stereocenters. The van der Waals surface area contributed by atoms with Gasteiger partial charge in [0.2, 0.25) is 0 Å². The maximum atomic E-state index is 14.3. The fourth-order valence-corrected chi connectivity index (χ4v) is 5.70. The predicted octanol–water partition coefficient (Wildman–Crippen LogP) is 8.09. The third kappa shape index (κ3) is 5.00. The highest BCUT2D eigenvalue weighted by Gasteiger charge is 2.28. The van der Waals surface area contributed by atoms with E-state index in [1.165, 1.54) is 0 Å². The Balaban J connectivity index is 1.54. The molecule has 0 N–H and O–H groups in total. The van der Waals surface area contributed by atoms with Crippen LogP contribution in [0.2, 0.25) is 0 Å². The Hall–Kier alpha value is -4.77. The second-order valence-electron chi connectivity index (χ2n) is 10.6. The minimum atomic E-state index is -0.456. The van der Waals surface area contributed by atoms with Gasteiger partial charge in [-0.15, -0.1) is 0 Å². The van der Waals surface area contributed by atoms with Crippen LogP contribution >= 0.6 is 0 Å². The quantitative estimate of drug-likeness (QED) is 0.184. The minimum absolute atomic E-state index is 0.0575. The summed E-state index contributed by atoms with van der Waals surface area (Å²) in [4.78, 5) is 35.4. The zero-order chi connectivity index (χ0) is 28.3. The summed E-state index contributed by atoms with van der Waals surface area (Å²) in [6.45, 7) is 4.71. The predicted molar refractivity (Wildman–Crippen MR) is 168 cm³/mol. The number of para-hydroxylation sites is 1. The van der Waals surface area contributed by atoms with Crippen molar-refractivity contribution in [2.75, 3.05) is 6.54 Å². The van der Waals surface area contributed by atoms with Crippen molar-refractivity contribution in [3.63, 3.8) is 0 Å². The summed E-state index contributed by atoms with van der Waals surface area (Å²) in [6, 6.07) is 34.9. The molecule has 41 heavy (non-hydrogen) atoms. The molecule has 1 atom stereocenters. The molecular formula is C36H33N3O2. The topological polar surface area (TPSA) is 55.2 Å². The monoisotopic (exact) mass is 539 g/mol. The number of hydrogen-bond acceptors (Lipinski definition) is 3. The minimum Gasteiger partial charge on any atom is -0.329 e. The largest absolute Gasteiger partial charge is 0.329 e. The van der Waals surface area contributed by atoms with Crippen LogP contribution in [0.3, 0.4) is 0 Å². The van der Waals surface area contributed by atoms with Crippen LogP contribution in [0.5, 0.6) is 0 Å². The Morgan fingerprint density at radius 3 is 2.27 bits per heavy atom. The lowest BCUT2D eigenvalue weighted by molar-refractivity contribution is 0.0679. The van der Waals surface area contributed by atoms with Crippen molar-refractivity contribution in [2.24, 2.45) is 0 Å². The standard InChI is InChI=1S/C36H33N3O2/c1-3-4-11-23-38(35(40)31-19-12-16-27-14-7-8-17-30(27)31)25(2)34-37-33-20-10-9-18-32(33)36(41)39(34)29-22-21-26-13-5-6-15-28(26)24-29/h5-10,12-22,24-25H,3-4,11,23H2,1-2H3. The number of amides is 1. The summed E-state index contributed by atoms with van der Waals surface area (Å²) in [6.07, 6.45) is 2.92. The Labute approximate surface area is 239 Å². The highest BCUT2D eigenvalue weighted by Crippen LogP contribution is 2.28. The van der Waals surface area contributed by atoms with Crippen LogP contribution in [0, 0.1) is 0 Å². The van der Waals surface area contributed by atoms with Gasteiger partial charge in [-0.25, -0.2) is 4.98 Å². The van der Waals surface area contributed by atoms with Crippen molar-refractivity contribution in [2.45, 2.75) is 39.2 Å². The molecule has 204 valence electrons. The van der Waals surface area contributed by atoms with Crippen LogP contribution in [0.4, 0.5) is 0 Å². The van der Waals surface area contributed by atoms with Gasteiger partial charge in [0.05, 0.1) is 22.6 Å². The van der Waals surface area contributed by atoms with E-state index in [9.17, 15) is 9.59 Å². The molecule has 6 rings (SSSR count). The molecule has 1 heterocycles. The summed E-state index contributed by atoms with van der Waals surface area (Å²) in [5.74, 6) is 0.493. The normalized spacial score (nSPS) is 12.1. The van der Waals surface area contributed by atoms with Gasteiger partial charge in [-0.1, -0.05) is 98.6 Å². The van der Waals surface area contributed by atoms with Gasteiger partial charge in [0.25, 0.3) is 11.5 Å². The number of aromatic nitrogens is 2. The molecule has 5 aromatic carbocycles. The van der Waals surface area contributed by atoms with Gasteiger partial charge in [0, 0.05) is 12.1 Å². The molecular weight excluding hydrogens is 506 g/mol. The van der Waals surface area contributed by atoms with E-state index < -0.39 is 6.04 Å². The van der Waals surface area contributed by atoms with Crippen LogP contribution in [0.25, 0.3) is 38.1 Å². The zero-order valence-electron chi connectivity index (χ0n) is 23.5. The second kappa shape index (κ2) is 11.4. The third-order valence-corrected chi connectivity index (χ3v) is 7.92. The Morgan fingerprint density at radius 2 is 1.46 bits per heavy atom. The summed E-state index contributed by atoms with van der Waals surface area (Å²) >= 11 is 0. The van der Waals surface area contributed by atoms with Crippen LogP contribution in [0.1, 0.15) is 55.3 Å². The highest BCUT2D eigenvalue weighted by molar-refractivity contribution is 6.07. The molecule has 0 bridgehead atoms. The molecule has 0 aliphatic heterocycles. The van der Waals surface area contributed by atoms with E-state index >= 15 is 0 Å². The molecule has 0 radical (unpaired) electrons. The molecule has 1 amide bonds. The van der Waals surface area contributed by atoms with Crippen molar-refractivity contribution < 1.29 is 4.79 Å². The smallest absolute Gasteiger partial charge is 0.266 e. The lowest BCUT2D eigenvalue weighted by Gasteiger charge is -2.31. The lowest BCUT2D eigenvalue weighted by Crippen LogP contribution is -2.38. The molecule has 1 aromatic heterocycles. The van der Waals surface area contributed by atoms with E-state index in [2.05, 4.69) is 13.0 Å². The van der Waals surface area contributed by atoms with Crippen molar-refractivity contribution in [3.8, 4) is 5.69 Å². The first-order valence-corrected chi connectivity index (χ1v) is 14.4. The highest BCUT2D eigenvalue weighted by atomic mass is 16.2. The average molecular weight is 540 g/mol. The number of nitrogens with zero attached hydrogens (tertiary/aromatic N) is 3. The number of carbonyl (C=O) groups excluding carboxylic acids is 1. The van der Waals surface area contributed by atoms with Gasteiger partial charge in [-0.2, -0.15) is 0 Å². The van der Waals surface area contributed by atoms with Gasteiger partial charge >= 0.3 is 0 Å². The van der Waals surface area contributed by atoms with Gasteiger partial charge in [-0.05, 0) is 65.2 Å². The van der Waals surface area contributed by atoms with E-state index in [0.29, 0.717) is 28.8 Å². The number of rotatable bonds is 8. The van der Waals surface area contributed by atoms with Gasteiger partial charge in [0.15, 0.2) is 0 Å². The average Bonchev–Trinajstić information content (AvgIpc) is 3.02. The molecule has 0 aliphatic rings. The van der Waals surface area contributed by atoms with E-state index in [1.54, 1.807) is 4.57 Å². The number of unbranched alkanes of at least 4 members (excludes halogenated alkanes) is 2. The van der Waals surface area contributed by atoms with E-state index in [1.807, 2.05) is 115 Å². The van der Waals surface area contributed by atoms with Crippen molar-refractivity contribution >= 4 is 38.4 Å². The molecule has 0 saturated heterocycles. The summed E-state index contributed by atoms with van der Waals surface area (Å²) in [7, 11) is 0. The SMILES string of the molecule is CCCCCN(C(=O)c1cccc2ccccc12)C(C)c1nc2ccccc2c(=O)n1-c1ccc2ccccc2c1. The Bertz CT molecular complexity index is 1940. The number of fused-ring (bicyclic) bond motifs is 3. The fraction of sp³-hybridized carbons (Fsp3) is 0.194. The number of benzene rings is 5. The second-order valence-corrected chi connectivity index (χ2v) is 10.6. The number of hydrogen-bond donors (Lipinski definition) is 0. The van der Waals surface area contributed by atoms with Gasteiger partial charge in [-0.3, -0.25) is 14.2 Å². The molecule has 5 nitrogen and oxygen atoms in total.